The molecule has 0 atom stereocenters. The minimum Gasteiger partial charge on any atom is -0.440 e. The van der Waals surface area contributed by atoms with Crippen LogP contribution in [0.1, 0.15) is 11.5 Å². The van der Waals surface area contributed by atoms with Crippen LogP contribution in [0.3, 0.4) is 0 Å². The monoisotopic (exact) mass is 274 g/mol. The number of H-pyrrole nitrogens is 1. The van der Waals surface area contributed by atoms with Crippen LogP contribution in [0.2, 0.25) is 0 Å². The van der Waals surface area contributed by atoms with Gasteiger partial charge in [-0.1, -0.05) is 48.5 Å². The highest BCUT2D eigenvalue weighted by atomic mass is 16.4. The molecule has 0 saturated carbocycles. The largest absolute Gasteiger partial charge is 0.440 e. The van der Waals surface area contributed by atoms with Gasteiger partial charge in [-0.25, -0.2) is 4.98 Å². The molecule has 4 rings (SSSR count). The van der Waals surface area contributed by atoms with E-state index in [1.165, 1.54) is 5.56 Å². The van der Waals surface area contributed by atoms with E-state index in [1.54, 1.807) is 6.20 Å². The summed E-state index contributed by atoms with van der Waals surface area (Å²) in [6.45, 7) is 0. The first-order chi connectivity index (χ1) is 10.4. The van der Waals surface area contributed by atoms with Gasteiger partial charge in [-0.15, -0.1) is 0 Å². The van der Waals surface area contributed by atoms with Crippen molar-refractivity contribution in [1.29, 1.82) is 0 Å². The average Bonchev–Trinajstić information content (AvgIpc) is 3.14. The molecule has 3 nitrogen and oxygen atoms in total. The van der Waals surface area contributed by atoms with Gasteiger partial charge in [0.05, 0.1) is 6.20 Å². The summed E-state index contributed by atoms with van der Waals surface area (Å²) in [6, 6.07) is 18.4. The first kappa shape index (κ1) is 12.0. The molecule has 102 valence electrons. The highest BCUT2D eigenvalue weighted by molar-refractivity contribution is 5.93. The predicted molar refractivity (Wildman–Crippen MR) is 83.0 cm³/mol. The van der Waals surface area contributed by atoms with Crippen molar-refractivity contribution >= 4 is 10.9 Å². The number of nitrogens with one attached hydrogen (secondary N) is 1. The van der Waals surface area contributed by atoms with Crippen molar-refractivity contribution in [2.75, 3.05) is 0 Å². The molecule has 2 heterocycles. The Balaban J connectivity index is 1.68. The van der Waals surface area contributed by atoms with Crippen molar-refractivity contribution in [3.8, 4) is 11.3 Å². The topological polar surface area (TPSA) is 41.8 Å². The molecule has 0 aliphatic rings. The Morgan fingerprint density at radius 3 is 2.67 bits per heavy atom. The van der Waals surface area contributed by atoms with E-state index < -0.39 is 0 Å². The Kier molecular flexibility index (Phi) is 2.82. The fourth-order valence-corrected chi connectivity index (χ4v) is 2.56. The molecule has 0 amide bonds. The summed E-state index contributed by atoms with van der Waals surface area (Å²) in [5, 5.41) is 1.15. The Bertz CT molecular complexity index is 874. The SMILES string of the molecule is c1ccc(Cc2ncc(-c3c[nH]c4ccccc34)o2)cc1. The number of nitrogens with zero attached hydrogens (tertiary/aromatic N) is 1. The van der Waals surface area contributed by atoms with E-state index in [0.717, 1.165) is 28.1 Å². The summed E-state index contributed by atoms with van der Waals surface area (Å²) in [5.74, 6) is 1.54. The molecule has 1 N–H and O–H groups in total. The number of oxazole rings is 1. The van der Waals surface area contributed by atoms with Crippen LogP contribution >= 0.6 is 0 Å². The van der Waals surface area contributed by atoms with Gasteiger partial charge in [0.15, 0.2) is 11.7 Å². The van der Waals surface area contributed by atoms with Gasteiger partial charge < -0.3 is 9.40 Å². The minimum absolute atomic E-state index is 0.712. The van der Waals surface area contributed by atoms with Crippen molar-refractivity contribution in [2.24, 2.45) is 0 Å². The first-order valence-electron chi connectivity index (χ1n) is 6.95. The third-order valence-corrected chi connectivity index (χ3v) is 3.61. The van der Waals surface area contributed by atoms with Gasteiger partial charge in [-0.05, 0) is 11.6 Å². The van der Waals surface area contributed by atoms with Crippen LogP contribution in [0.4, 0.5) is 0 Å². The first-order valence-corrected chi connectivity index (χ1v) is 6.95. The molecule has 0 unspecified atom stereocenters. The second-order valence-corrected chi connectivity index (χ2v) is 5.03. The van der Waals surface area contributed by atoms with Crippen LogP contribution in [-0.2, 0) is 6.42 Å². The van der Waals surface area contributed by atoms with E-state index in [4.69, 9.17) is 4.42 Å². The number of rotatable bonds is 3. The molecule has 0 fully saturated rings. The van der Waals surface area contributed by atoms with Gasteiger partial charge in [0, 0.05) is 29.1 Å². The number of hydrogen-bond donors (Lipinski definition) is 1. The highest BCUT2D eigenvalue weighted by Gasteiger charge is 2.11. The van der Waals surface area contributed by atoms with Crippen molar-refractivity contribution in [3.63, 3.8) is 0 Å². The van der Waals surface area contributed by atoms with E-state index >= 15 is 0 Å². The molecule has 21 heavy (non-hydrogen) atoms. The summed E-state index contributed by atoms with van der Waals surface area (Å²) in [4.78, 5) is 7.65. The molecule has 0 aliphatic carbocycles. The summed E-state index contributed by atoms with van der Waals surface area (Å²) < 4.78 is 5.91. The molecular weight excluding hydrogens is 260 g/mol. The fraction of sp³-hybridized carbons (Fsp3) is 0.0556. The van der Waals surface area contributed by atoms with Crippen LogP contribution in [-0.4, -0.2) is 9.97 Å². The van der Waals surface area contributed by atoms with E-state index in [-0.39, 0.29) is 0 Å². The number of benzene rings is 2. The van der Waals surface area contributed by atoms with Crippen LogP contribution < -0.4 is 0 Å². The molecule has 3 heteroatoms. The van der Waals surface area contributed by atoms with E-state index in [0.29, 0.717) is 6.42 Å². The predicted octanol–water partition coefficient (Wildman–Crippen LogP) is 4.41. The molecular formula is C18H14N2O. The molecule has 0 bridgehead atoms. The number of para-hydroxylation sites is 1. The molecule has 2 aromatic carbocycles. The molecule has 0 saturated heterocycles. The maximum Gasteiger partial charge on any atom is 0.199 e. The number of fused-ring (bicyclic) bond motifs is 1. The molecule has 2 aromatic heterocycles. The quantitative estimate of drug-likeness (QED) is 0.601. The van der Waals surface area contributed by atoms with Gasteiger partial charge in [-0.2, -0.15) is 0 Å². The Morgan fingerprint density at radius 1 is 0.952 bits per heavy atom. The molecule has 0 spiro atoms. The second kappa shape index (κ2) is 4.94. The van der Waals surface area contributed by atoms with Gasteiger partial charge >= 0.3 is 0 Å². The van der Waals surface area contributed by atoms with Crippen LogP contribution in [0.15, 0.2) is 71.4 Å². The van der Waals surface area contributed by atoms with E-state index in [1.807, 2.05) is 36.5 Å². The van der Waals surface area contributed by atoms with Crippen molar-refractivity contribution in [3.05, 3.63) is 78.4 Å². The standard InChI is InChI=1S/C18H14N2O/c1-2-6-13(7-3-1)10-18-20-12-17(21-18)15-11-19-16-9-5-4-8-14(15)16/h1-9,11-12,19H,10H2. The number of aromatic nitrogens is 2. The Labute approximate surface area is 122 Å². The summed E-state index contributed by atoms with van der Waals surface area (Å²) in [7, 11) is 0. The second-order valence-electron chi connectivity index (χ2n) is 5.03. The minimum atomic E-state index is 0.712. The lowest BCUT2D eigenvalue weighted by molar-refractivity contribution is 0.519. The third kappa shape index (κ3) is 2.23. The zero-order valence-corrected chi connectivity index (χ0v) is 11.4. The van der Waals surface area contributed by atoms with Crippen molar-refractivity contribution in [2.45, 2.75) is 6.42 Å². The highest BCUT2D eigenvalue weighted by Crippen LogP contribution is 2.29. The van der Waals surface area contributed by atoms with Crippen LogP contribution in [0.25, 0.3) is 22.2 Å². The van der Waals surface area contributed by atoms with Crippen molar-refractivity contribution in [1.82, 2.24) is 9.97 Å². The van der Waals surface area contributed by atoms with Crippen LogP contribution in [0.5, 0.6) is 0 Å². The lowest BCUT2D eigenvalue weighted by atomic mass is 10.1. The van der Waals surface area contributed by atoms with Crippen molar-refractivity contribution < 1.29 is 4.42 Å². The van der Waals surface area contributed by atoms with Gasteiger partial charge in [-0.3, -0.25) is 0 Å². The normalized spacial score (nSPS) is 11.0. The smallest absolute Gasteiger partial charge is 0.199 e. The lowest BCUT2D eigenvalue weighted by Crippen LogP contribution is -1.86. The number of aromatic amines is 1. The van der Waals surface area contributed by atoms with Crippen LogP contribution in [0, 0.1) is 0 Å². The Morgan fingerprint density at radius 2 is 1.76 bits per heavy atom. The van der Waals surface area contributed by atoms with Gasteiger partial charge in [0.25, 0.3) is 0 Å². The summed E-state index contributed by atoms with van der Waals surface area (Å²) in [6.07, 6.45) is 4.48. The van der Waals surface area contributed by atoms with E-state index in [2.05, 4.69) is 34.2 Å². The Hall–Kier alpha value is -2.81. The maximum atomic E-state index is 5.91. The average molecular weight is 274 g/mol. The fourth-order valence-electron chi connectivity index (χ4n) is 2.56. The molecule has 4 aromatic rings. The zero-order chi connectivity index (χ0) is 14.1. The van der Waals surface area contributed by atoms with Gasteiger partial charge in [0.1, 0.15) is 0 Å². The summed E-state index contributed by atoms with van der Waals surface area (Å²) in [5.41, 5.74) is 3.36. The molecule has 0 aliphatic heterocycles. The zero-order valence-electron chi connectivity index (χ0n) is 11.4. The number of hydrogen-bond acceptors (Lipinski definition) is 2. The lowest BCUT2D eigenvalue weighted by Gasteiger charge is -1.96. The van der Waals surface area contributed by atoms with E-state index in [9.17, 15) is 0 Å². The maximum absolute atomic E-state index is 5.91. The molecule has 0 radical (unpaired) electrons. The van der Waals surface area contributed by atoms with Gasteiger partial charge in [0.2, 0.25) is 0 Å². The summed E-state index contributed by atoms with van der Waals surface area (Å²) >= 11 is 0. The third-order valence-electron chi connectivity index (χ3n) is 3.61.